The Morgan fingerprint density at radius 1 is 1.24 bits per heavy atom. The van der Waals surface area contributed by atoms with Gasteiger partial charge < -0.3 is 4.90 Å². The number of halogens is 2. The van der Waals surface area contributed by atoms with E-state index in [-0.39, 0.29) is 5.91 Å². The van der Waals surface area contributed by atoms with E-state index >= 15 is 0 Å². The highest BCUT2D eigenvalue weighted by molar-refractivity contribution is 14.1. The van der Waals surface area contributed by atoms with Gasteiger partial charge in [-0.15, -0.1) is 0 Å². The molecule has 0 aliphatic carbocycles. The van der Waals surface area contributed by atoms with Crippen LogP contribution in [-0.2, 0) is 6.54 Å². The van der Waals surface area contributed by atoms with Crippen LogP contribution in [0.1, 0.15) is 28.4 Å². The van der Waals surface area contributed by atoms with E-state index in [9.17, 15) is 4.79 Å². The van der Waals surface area contributed by atoms with Gasteiger partial charge in [-0.05, 0) is 76.1 Å². The van der Waals surface area contributed by atoms with E-state index in [1.165, 1.54) is 5.56 Å². The number of carbonyl (C=O) groups excluding carboxylic acids is 1. The van der Waals surface area contributed by atoms with E-state index < -0.39 is 0 Å². The van der Waals surface area contributed by atoms with Crippen molar-refractivity contribution < 1.29 is 4.79 Å². The van der Waals surface area contributed by atoms with Crippen molar-refractivity contribution in [2.45, 2.75) is 20.4 Å². The molecular formula is C17H17BrINO. The van der Waals surface area contributed by atoms with Gasteiger partial charge in [-0.25, -0.2) is 0 Å². The summed E-state index contributed by atoms with van der Waals surface area (Å²) >= 11 is 5.70. The van der Waals surface area contributed by atoms with Gasteiger partial charge in [-0.1, -0.05) is 29.8 Å². The van der Waals surface area contributed by atoms with Crippen molar-refractivity contribution in [1.82, 2.24) is 4.90 Å². The first-order valence-electron chi connectivity index (χ1n) is 6.81. The molecule has 0 aromatic heterocycles. The summed E-state index contributed by atoms with van der Waals surface area (Å²) in [6, 6.07) is 14.1. The smallest absolute Gasteiger partial charge is 0.255 e. The normalized spacial score (nSPS) is 10.5. The van der Waals surface area contributed by atoms with Crippen LogP contribution < -0.4 is 0 Å². The summed E-state index contributed by atoms with van der Waals surface area (Å²) < 4.78 is 1.90. The van der Waals surface area contributed by atoms with Crippen LogP contribution in [0.2, 0.25) is 0 Å². The second-order valence-corrected chi connectivity index (χ2v) is 7.03. The quantitative estimate of drug-likeness (QED) is 0.590. The zero-order valence-electron chi connectivity index (χ0n) is 12.1. The van der Waals surface area contributed by atoms with E-state index in [1.807, 2.05) is 36.1 Å². The number of carbonyl (C=O) groups is 1. The van der Waals surface area contributed by atoms with Gasteiger partial charge in [0.15, 0.2) is 0 Å². The molecule has 0 unspecified atom stereocenters. The third kappa shape index (κ3) is 4.30. The molecule has 0 saturated heterocycles. The second kappa shape index (κ2) is 7.40. The summed E-state index contributed by atoms with van der Waals surface area (Å²) in [5.74, 6) is 0.0596. The molecule has 0 N–H and O–H groups in total. The van der Waals surface area contributed by atoms with Crippen LogP contribution in [0.4, 0.5) is 0 Å². The molecule has 0 bridgehead atoms. The van der Waals surface area contributed by atoms with Crippen molar-refractivity contribution in [3.8, 4) is 0 Å². The molecule has 2 nitrogen and oxygen atoms in total. The lowest BCUT2D eigenvalue weighted by Crippen LogP contribution is -2.30. The lowest BCUT2D eigenvalue weighted by molar-refractivity contribution is 0.0751. The van der Waals surface area contributed by atoms with Crippen LogP contribution in [0.15, 0.2) is 46.9 Å². The summed E-state index contributed by atoms with van der Waals surface area (Å²) in [4.78, 5) is 14.6. The van der Waals surface area contributed by atoms with Gasteiger partial charge >= 0.3 is 0 Å². The third-order valence-corrected chi connectivity index (χ3v) is 4.65. The van der Waals surface area contributed by atoms with Crippen molar-refractivity contribution >= 4 is 44.4 Å². The highest BCUT2D eigenvalue weighted by atomic mass is 127. The van der Waals surface area contributed by atoms with Crippen molar-refractivity contribution in [2.24, 2.45) is 0 Å². The number of hydrogen-bond acceptors (Lipinski definition) is 1. The summed E-state index contributed by atoms with van der Waals surface area (Å²) in [5.41, 5.74) is 3.09. The molecule has 0 atom stereocenters. The van der Waals surface area contributed by atoms with Gasteiger partial charge in [0.2, 0.25) is 0 Å². The molecule has 2 aromatic carbocycles. The van der Waals surface area contributed by atoms with Crippen LogP contribution in [0, 0.1) is 10.5 Å². The van der Waals surface area contributed by atoms with Crippen molar-refractivity contribution in [1.29, 1.82) is 0 Å². The molecule has 0 radical (unpaired) electrons. The van der Waals surface area contributed by atoms with E-state index in [0.717, 1.165) is 19.2 Å². The predicted octanol–water partition coefficient (Wildman–Crippen LogP) is 5.02. The maximum Gasteiger partial charge on any atom is 0.255 e. The monoisotopic (exact) mass is 457 g/mol. The first-order valence-corrected chi connectivity index (χ1v) is 8.68. The van der Waals surface area contributed by atoms with Gasteiger partial charge in [-0.3, -0.25) is 4.79 Å². The van der Waals surface area contributed by atoms with Crippen molar-refractivity contribution in [3.63, 3.8) is 0 Å². The highest BCUT2D eigenvalue weighted by Gasteiger charge is 2.17. The Hall–Kier alpha value is -0.880. The molecular weight excluding hydrogens is 441 g/mol. The van der Waals surface area contributed by atoms with Crippen LogP contribution >= 0.6 is 38.5 Å². The lowest BCUT2D eigenvalue weighted by atomic mass is 10.1. The Morgan fingerprint density at radius 3 is 2.67 bits per heavy atom. The van der Waals surface area contributed by atoms with Crippen molar-refractivity contribution in [3.05, 3.63) is 67.2 Å². The van der Waals surface area contributed by atoms with Gasteiger partial charge in [0, 0.05) is 21.1 Å². The molecule has 4 heteroatoms. The number of benzene rings is 2. The van der Waals surface area contributed by atoms with Crippen LogP contribution in [0.3, 0.4) is 0 Å². The minimum Gasteiger partial charge on any atom is -0.335 e. The summed E-state index contributed by atoms with van der Waals surface area (Å²) in [6.07, 6.45) is 0. The number of nitrogens with zero attached hydrogens (tertiary/aromatic N) is 1. The average Bonchev–Trinajstić information content (AvgIpc) is 2.46. The minimum atomic E-state index is 0.0596. The number of hydrogen-bond donors (Lipinski definition) is 0. The Balaban J connectivity index is 2.24. The SMILES string of the molecule is CCN(Cc1cccc(C)c1)C(=O)c1cc(I)ccc1Br. The Bertz CT molecular complexity index is 657. The lowest BCUT2D eigenvalue weighted by Gasteiger charge is -2.22. The number of aryl methyl sites for hydroxylation is 1. The largest absolute Gasteiger partial charge is 0.335 e. The molecule has 21 heavy (non-hydrogen) atoms. The predicted molar refractivity (Wildman–Crippen MR) is 98.5 cm³/mol. The Labute approximate surface area is 147 Å². The zero-order chi connectivity index (χ0) is 15.4. The van der Waals surface area contributed by atoms with E-state index in [2.05, 4.69) is 63.6 Å². The molecule has 0 aliphatic rings. The van der Waals surface area contributed by atoms with E-state index in [4.69, 9.17) is 0 Å². The molecule has 0 aliphatic heterocycles. The summed E-state index contributed by atoms with van der Waals surface area (Å²) in [6.45, 7) is 5.40. The third-order valence-electron chi connectivity index (χ3n) is 3.28. The Kier molecular flexibility index (Phi) is 5.81. The topological polar surface area (TPSA) is 20.3 Å². The van der Waals surface area contributed by atoms with E-state index in [0.29, 0.717) is 13.1 Å². The first kappa shape index (κ1) is 16.5. The fourth-order valence-corrected chi connectivity index (χ4v) is 3.10. The minimum absolute atomic E-state index is 0.0596. The second-order valence-electron chi connectivity index (χ2n) is 4.93. The fourth-order valence-electron chi connectivity index (χ4n) is 2.19. The molecule has 0 fully saturated rings. The van der Waals surface area contributed by atoms with Gasteiger partial charge in [0.25, 0.3) is 5.91 Å². The Morgan fingerprint density at radius 2 is 2.00 bits per heavy atom. The van der Waals surface area contributed by atoms with Crippen LogP contribution in [0.25, 0.3) is 0 Å². The standard InChI is InChI=1S/C17H17BrINO/c1-3-20(11-13-6-4-5-12(2)9-13)17(21)15-10-14(19)7-8-16(15)18/h4-10H,3,11H2,1-2H3. The zero-order valence-corrected chi connectivity index (χ0v) is 15.8. The summed E-state index contributed by atoms with van der Waals surface area (Å²) in [7, 11) is 0. The maximum atomic E-state index is 12.7. The van der Waals surface area contributed by atoms with Gasteiger partial charge in [-0.2, -0.15) is 0 Å². The molecule has 0 heterocycles. The molecule has 2 rings (SSSR count). The fraction of sp³-hybridized carbons (Fsp3) is 0.235. The summed E-state index contributed by atoms with van der Waals surface area (Å²) in [5, 5.41) is 0. The molecule has 0 spiro atoms. The number of rotatable bonds is 4. The van der Waals surface area contributed by atoms with Gasteiger partial charge in [0.05, 0.1) is 5.56 Å². The average molecular weight is 458 g/mol. The highest BCUT2D eigenvalue weighted by Crippen LogP contribution is 2.22. The molecule has 1 amide bonds. The van der Waals surface area contributed by atoms with E-state index in [1.54, 1.807) is 0 Å². The molecule has 2 aromatic rings. The first-order chi connectivity index (χ1) is 10.0. The molecule has 110 valence electrons. The maximum absolute atomic E-state index is 12.7. The van der Waals surface area contributed by atoms with Crippen LogP contribution in [0.5, 0.6) is 0 Å². The van der Waals surface area contributed by atoms with Crippen LogP contribution in [-0.4, -0.2) is 17.4 Å². The van der Waals surface area contributed by atoms with Gasteiger partial charge in [0.1, 0.15) is 0 Å². The molecule has 0 saturated carbocycles. The van der Waals surface area contributed by atoms with Crippen molar-refractivity contribution in [2.75, 3.05) is 6.54 Å². The number of amides is 1.